The van der Waals surface area contributed by atoms with Crippen LogP contribution >= 0.6 is 0 Å². The first-order valence-corrected chi connectivity index (χ1v) is 6.37. The van der Waals surface area contributed by atoms with Crippen LogP contribution in [0.3, 0.4) is 0 Å². The highest BCUT2D eigenvalue weighted by molar-refractivity contribution is 5.16. The Morgan fingerprint density at radius 1 is 1.13 bits per heavy atom. The molecule has 0 bridgehead atoms. The van der Waals surface area contributed by atoms with Gasteiger partial charge in [-0.3, -0.25) is 4.68 Å². The summed E-state index contributed by atoms with van der Waals surface area (Å²) in [6.07, 6.45) is 6.79. The Morgan fingerprint density at radius 3 is 2.27 bits per heavy atom. The van der Waals surface area contributed by atoms with Gasteiger partial charge in [0.15, 0.2) is 0 Å². The van der Waals surface area contributed by atoms with E-state index in [0.29, 0.717) is 0 Å². The summed E-state index contributed by atoms with van der Waals surface area (Å²) in [4.78, 5) is 0. The first kappa shape index (κ1) is 14.2. The lowest BCUT2D eigenvalue weighted by Crippen LogP contribution is -1.97. The molecule has 15 heavy (non-hydrogen) atoms. The molecular weight excluding hydrogens is 184 g/mol. The van der Waals surface area contributed by atoms with Crippen molar-refractivity contribution < 1.29 is 0 Å². The predicted octanol–water partition coefficient (Wildman–Crippen LogP) is 3.83. The van der Waals surface area contributed by atoms with E-state index in [2.05, 4.69) is 36.7 Å². The molecule has 0 aromatic carbocycles. The number of hydrogen-bond acceptors (Lipinski definition) is 1. The fourth-order valence-corrected chi connectivity index (χ4v) is 1.59. The lowest BCUT2D eigenvalue weighted by atomic mass is 10.1. The van der Waals surface area contributed by atoms with E-state index in [9.17, 15) is 0 Å². The van der Waals surface area contributed by atoms with E-state index in [1.54, 1.807) is 0 Å². The van der Waals surface area contributed by atoms with E-state index in [4.69, 9.17) is 0 Å². The normalized spacial score (nSPS) is 9.67. The summed E-state index contributed by atoms with van der Waals surface area (Å²) in [7, 11) is 0. The number of nitrogens with zero attached hydrogens (tertiary/aromatic N) is 2. The first-order chi connectivity index (χ1) is 7.31. The molecule has 2 heteroatoms. The van der Waals surface area contributed by atoms with Crippen LogP contribution in [0, 0.1) is 0 Å². The van der Waals surface area contributed by atoms with Crippen molar-refractivity contribution in [3.63, 3.8) is 0 Å². The van der Waals surface area contributed by atoms with Gasteiger partial charge in [0, 0.05) is 12.7 Å². The monoisotopic (exact) mass is 210 g/mol. The topological polar surface area (TPSA) is 17.8 Å². The molecule has 0 fully saturated rings. The highest BCUT2D eigenvalue weighted by atomic mass is 15.3. The molecule has 0 unspecified atom stereocenters. The molecule has 1 aromatic heterocycles. The van der Waals surface area contributed by atoms with Crippen molar-refractivity contribution in [2.45, 2.75) is 66.8 Å². The molecule has 0 radical (unpaired) electrons. The predicted molar refractivity (Wildman–Crippen MR) is 67.2 cm³/mol. The standard InChI is InChI=1S/C11H20N2.C2H6/c1-4-7-11-10(6-3)9-13(12-11)8-5-2;1-2/h9H,4-8H2,1-3H3;1-2H3. The fraction of sp³-hybridized carbons (Fsp3) is 0.769. The Labute approximate surface area is 94.7 Å². The largest absolute Gasteiger partial charge is 0.272 e. The first-order valence-electron chi connectivity index (χ1n) is 6.37. The minimum Gasteiger partial charge on any atom is -0.272 e. The number of aromatic nitrogens is 2. The van der Waals surface area contributed by atoms with Gasteiger partial charge in [0.1, 0.15) is 0 Å². The van der Waals surface area contributed by atoms with Crippen molar-refractivity contribution in [2.75, 3.05) is 0 Å². The Morgan fingerprint density at radius 2 is 1.80 bits per heavy atom. The zero-order chi connectivity index (χ0) is 11.7. The molecule has 0 N–H and O–H groups in total. The second kappa shape index (κ2) is 8.51. The van der Waals surface area contributed by atoms with E-state index < -0.39 is 0 Å². The molecule has 0 aliphatic heterocycles. The Bertz CT molecular complexity index is 251. The summed E-state index contributed by atoms with van der Waals surface area (Å²) in [5.74, 6) is 0. The van der Waals surface area contributed by atoms with Gasteiger partial charge in [-0.2, -0.15) is 5.10 Å². The summed E-state index contributed by atoms with van der Waals surface area (Å²) in [5.41, 5.74) is 2.73. The van der Waals surface area contributed by atoms with Gasteiger partial charge in [-0.05, 0) is 24.8 Å². The van der Waals surface area contributed by atoms with E-state index >= 15 is 0 Å². The lowest BCUT2D eigenvalue weighted by Gasteiger charge is -1.95. The molecule has 0 aliphatic carbocycles. The molecule has 1 rings (SSSR count). The van der Waals surface area contributed by atoms with Crippen LogP contribution in [0.1, 0.15) is 58.7 Å². The Hall–Kier alpha value is -0.790. The van der Waals surface area contributed by atoms with Crippen molar-refractivity contribution in [3.8, 4) is 0 Å². The average molecular weight is 210 g/mol. The van der Waals surface area contributed by atoms with Crippen molar-refractivity contribution in [2.24, 2.45) is 0 Å². The zero-order valence-corrected chi connectivity index (χ0v) is 11.0. The summed E-state index contributed by atoms with van der Waals surface area (Å²) in [5, 5.41) is 4.58. The minimum absolute atomic E-state index is 1.05. The average Bonchev–Trinajstić information content (AvgIpc) is 2.65. The van der Waals surface area contributed by atoms with Crippen molar-refractivity contribution in [1.29, 1.82) is 0 Å². The SMILES string of the molecule is CC.CCCc1nn(CCC)cc1CC. The van der Waals surface area contributed by atoms with E-state index in [0.717, 1.165) is 25.8 Å². The molecule has 1 heterocycles. The van der Waals surface area contributed by atoms with Gasteiger partial charge in [-0.15, -0.1) is 0 Å². The van der Waals surface area contributed by atoms with Crippen LogP contribution in [0.2, 0.25) is 0 Å². The third-order valence-corrected chi connectivity index (χ3v) is 2.25. The summed E-state index contributed by atoms with van der Waals surface area (Å²) >= 11 is 0. The van der Waals surface area contributed by atoms with Crippen LogP contribution in [0.25, 0.3) is 0 Å². The summed E-state index contributed by atoms with van der Waals surface area (Å²) in [6.45, 7) is 11.6. The molecule has 0 atom stereocenters. The second-order valence-electron chi connectivity index (χ2n) is 3.47. The zero-order valence-electron chi connectivity index (χ0n) is 11.0. The van der Waals surface area contributed by atoms with Crippen LogP contribution in [-0.2, 0) is 19.4 Å². The minimum atomic E-state index is 1.05. The smallest absolute Gasteiger partial charge is 0.0656 e. The van der Waals surface area contributed by atoms with Crippen LogP contribution in [-0.4, -0.2) is 9.78 Å². The van der Waals surface area contributed by atoms with E-state index in [1.807, 2.05) is 13.8 Å². The highest BCUT2D eigenvalue weighted by Crippen LogP contribution is 2.10. The van der Waals surface area contributed by atoms with Gasteiger partial charge in [-0.25, -0.2) is 0 Å². The molecule has 0 aliphatic rings. The maximum Gasteiger partial charge on any atom is 0.0656 e. The van der Waals surface area contributed by atoms with Crippen LogP contribution in [0.15, 0.2) is 6.20 Å². The molecule has 0 amide bonds. The van der Waals surface area contributed by atoms with Gasteiger partial charge < -0.3 is 0 Å². The third kappa shape index (κ3) is 4.50. The molecule has 1 aromatic rings. The second-order valence-corrected chi connectivity index (χ2v) is 3.47. The Balaban J connectivity index is 0.000000921. The van der Waals surface area contributed by atoms with Crippen LogP contribution in [0.5, 0.6) is 0 Å². The quantitative estimate of drug-likeness (QED) is 0.722. The number of hydrogen-bond donors (Lipinski definition) is 0. The van der Waals surface area contributed by atoms with E-state index in [-0.39, 0.29) is 0 Å². The van der Waals surface area contributed by atoms with Gasteiger partial charge in [-0.1, -0.05) is 41.0 Å². The van der Waals surface area contributed by atoms with Crippen LogP contribution < -0.4 is 0 Å². The van der Waals surface area contributed by atoms with Crippen molar-refractivity contribution >= 4 is 0 Å². The van der Waals surface area contributed by atoms with Crippen LogP contribution in [0.4, 0.5) is 0 Å². The van der Waals surface area contributed by atoms with Gasteiger partial charge in [0.2, 0.25) is 0 Å². The van der Waals surface area contributed by atoms with Gasteiger partial charge in [0.05, 0.1) is 5.69 Å². The fourth-order valence-electron chi connectivity index (χ4n) is 1.59. The van der Waals surface area contributed by atoms with Gasteiger partial charge in [0.25, 0.3) is 0 Å². The molecular formula is C13H26N2. The molecule has 0 spiro atoms. The maximum absolute atomic E-state index is 4.58. The maximum atomic E-state index is 4.58. The van der Waals surface area contributed by atoms with Gasteiger partial charge >= 0.3 is 0 Å². The molecule has 2 nitrogen and oxygen atoms in total. The molecule has 0 saturated carbocycles. The number of aryl methyl sites for hydroxylation is 3. The summed E-state index contributed by atoms with van der Waals surface area (Å²) in [6, 6.07) is 0. The Kier molecular flexibility index (Phi) is 8.06. The third-order valence-electron chi connectivity index (χ3n) is 2.25. The molecule has 88 valence electrons. The van der Waals surface area contributed by atoms with Crippen molar-refractivity contribution in [3.05, 3.63) is 17.5 Å². The highest BCUT2D eigenvalue weighted by Gasteiger charge is 2.05. The number of rotatable bonds is 5. The van der Waals surface area contributed by atoms with Crippen molar-refractivity contribution in [1.82, 2.24) is 9.78 Å². The molecule has 0 saturated heterocycles. The van der Waals surface area contributed by atoms with E-state index in [1.165, 1.54) is 17.7 Å². The summed E-state index contributed by atoms with van der Waals surface area (Å²) < 4.78 is 2.09. The lowest BCUT2D eigenvalue weighted by molar-refractivity contribution is 0.593.